The summed E-state index contributed by atoms with van der Waals surface area (Å²) < 4.78 is 5.79. The number of morpholine rings is 1. The zero-order valence-electron chi connectivity index (χ0n) is 9.11. The quantitative estimate of drug-likeness (QED) is 0.731. The smallest absolute Gasteiger partial charge is 0.0707 e. The summed E-state index contributed by atoms with van der Waals surface area (Å²) in [5.41, 5.74) is 6.04. The fourth-order valence-electron chi connectivity index (χ4n) is 2.64. The maximum absolute atomic E-state index is 6.04. The van der Waals surface area contributed by atoms with Crippen molar-refractivity contribution in [2.24, 2.45) is 5.73 Å². The molecule has 3 unspecified atom stereocenters. The first kappa shape index (κ1) is 10.4. The molecule has 3 atom stereocenters. The summed E-state index contributed by atoms with van der Waals surface area (Å²) in [5, 5.41) is 0. The molecule has 2 aliphatic rings. The highest BCUT2D eigenvalue weighted by Crippen LogP contribution is 2.26. The Morgan fingerprint density at radius 2 is 2.00 bits per heavy atom. The Labute approximate surface area is 86.6 Å². The number of fused-ring (bicyclic) bond motifs is 2. The number of nitrogens with two attached hydrogens (primary N) is 1. The Bertz CT molecular complexity index is 174. The van der Waals surface area contributed by atoms with Crippen LogP contribution in [-0.2, 0) is 4.74 Å². The van der Waals surface area contributed by atoms with Gasteiger partial charge in [-0.25, -0.2) is 0 Å². The zero-order chi connectivity index (χ0) is 9.97. The third-order valence-corrected chi connectivity index (χ3v) is 3.27. The minimum Gasteiger partial charge on any atom is -0.372 e. The molecule has 0 spiro atoms. The molecule has 14 heavy (non-hydrogen) atoms. The van der Waals surface area contributed by atoms with Crippen molar-refractivity contribution in [3.63, 3.8) is 0 Å². The van der Waals surface area contributed by atoms with E-state index in [1.54, 1.807) is 0 Å². The van der Waals surface area contributed by atoms with Gasteiger partial charge in [0.1, 0.15) is 0 Å². The van der Waals surface area contributed by atoms with Crippen LogP contribution in [0.1, 0.15) is 32.6 Å². The van der Waals surface area contributed by atoms with E-state index in [9.17, 15) is 0 Å². The van der Waals surface area contributed by atoms with Gasteiger partial charge in [-0.05, 0) is 19.3 Å². The molecule has 2 fully saturated rings. The highest BCUT2D eigenvalue weighted by molar-refractivity contribution is 4.86. The topological polar surface area (TPSA) is 38.5 Å². The molecular formula is C11H22N2O. The van der Waals surface area contributed by atoms with E-state index >= 15 is 0 Å². The highest BCUT2D eigenvalue weighted by atomic mass is 16.5. The Morgan fingerprint density at radius 3 is 2.57 bits per heavy atom. The average molecular weight is 198 g/mol. The molecule has 0 aliphatic carbocycles. The van der Waals surface area contributed by atoms with Crippen LogP contribution in [0.25, 0.3) is 0 Å². The average Bonchev–Trinajstić information content (AvgIpc) is 2.46. The summed E-state index contributed by atoms with van der Waals surface area (Å²) >= 11 is 0. The highest BCUT2D eigenvalue weighted by Gasteiger charge is 2.33. The maximum atomic E-state index is 6.04. The summed E-state index contributed by atoms with van der Waals surface area (Å²) in [6.45, 7) is 5.47. The van der Waals surface area contributed by atoms with Crippen LogP contribution >= 0.6 is 0 Å². The third-order valence-electron chi connectivity index (χ3n) is 3.27. The molecule has 2 saturated heterocycles. The number of hydrogen-bond acceptors (Lipinski definition) is 3. The van der Waals surface area contributed by atoms with Gasteiger partial charge in [0, 0.05) is 25.7 Å². The van der Waals surface area contributed by atoms with Crippen LogP contribution in [0.3, 0.4) is 0 Å². The monoisotopic (exact) mass is 198 g/mol. The number of ether oxygens (including phenoxy) is 1. The predicted molar refractivity (Wildman–Crippen MR) is 57.2 cm³/mol. The lowest BCUT2D eigenvalue weighted by atomic mass is 10.1. The number of rotatable bonds is 4. The van der Waals surface area contributed by atoms with Crippen LogP contribution in [0.5, 0.6) is 0 Å². The van der Waals surface area contributed by atoms with E-state index in [1.165, 1.54) is 19.3 Å². The van der Waals surface area contributed by atoms with Gasteiger partial charge in [-0.2, -0.15) is 0 Å². The number of likely N-dealkylation sites (tertiary alicyclic amines) is 1. The molecule has 0 aromatic carbocycles. The largest absolute Gasteiger partial charge is 0.372 e. The van der Waals surface area contributed by atoms with Crippen molar-refractivity contribution >= 4 is 0 Å². The van der Waals surface area contributed by atoms with Gasteiger partial charge < -0.3 is 10.5 Å². The van der Waals surface area contributed by atoms with Gasteiger partial charge in [0.25, 0.3) is 0 Å². The minimum atomic E-state index is 0.359. The lowest BCUT2D eigenvalue weighted by Crippen LogP contribution is -2.47. The van der Waals surface area contributed by atoms with Crippen molar-refractivity contribution < 1.29 is 4.74 Å². The fraction of sp³-hybridized carbons (Fsp3) is 1.00. The molecular weight excluding hydrogens is 176 g/mol. The summed E-state index contributed by atoms with van der Waals surface area (Å²) in [6, 6.07) is 0.359. The number of hydrogen-bond donors (Lipinski definition) is 1. The van der Waals surface area contributed by atoms with Gasteiger partial charge >= 0.3 is 0 Å². The van der Waals surface area contributed by atoms with Crippen LogP contribution in [0.2, 0.25) is 0 Å². The van der Waals surface area contributed by atoms with Crippen molar-refractivity contribution in [2.45, 2.75) is 50.9 Å². The van der Waals surface area contributed by atoms with Crippen LogP contribution < -0.4 is 5.73 Å². The first-order chi connectivity index (χ1) is 6.78. The Hall–Kier alpha value is -0.120. The van der Waals surface area contributed by atoms with Crippen LogP contribution in [-0.4, -0.2) is 42.8 Å². The van der Waals surface area contributed by atoms with Crippen molar-refractivity contribution in [3.8, 4) is 0 Å². The molecule has 2 N–H and O–H groups in total. The second-order valence-electron chi connectivity index (χ2n) is 4.72. The van der Waals surface area contributed by atoms with Crippen LogP contribution in [0.15, 0.2) is 0 Å². The van der Waals surface area contributed by atoms with E-state index < -0.39 is 0 Å². The van der Waals surface area contributed by atoms with Gasteiger partial charge in [0.15, 0.2) is 0 Å². The second-order valence-corrected chi connectivity index (χ2v) is 4.72. The van der Waals surface area contributed by atoms with E-state index in [0.29, 0.717) is 18.2 Å². The summed E-state index contributed by atoms with van der Waals surface area (Å²) in [5.74, 6) is 0. The van der Waals surface area contributed by atoms with Crippen LogP contribution in [0.4, 0.5) is 0 Å². The maximum Gasteiger partial charge on any atom is 0.0707 e. The lowest BCUT2D eigenvalue weighted by Gasteiger charge is -2.33. The van der Waals surface area contributed by atoms with E-state index in [4.69, 9.17) is 10.5 Å². The molecule has 2 heterocycles. The summed E-state index contributed by atoms with van der Waals surface area (Å²) in [7, 11) is 0. The Balaban J connectivity index is 1.76. The minimum absolute atomic E-state index is 0.359. The van der Waals surface area contributed by atoms with Crippen molar-refractivity contribution in [3.05, 3.63) is 0 Å². The second kappa shape index (κ2) is 4.60. The number of nitrogens with zero attached hydrogens (tertiary/aromatic N) is 1. The summed E-state index contributed by atoms with van der Waals surface area (Å²) in [4.78, 5) is 2.49. The molecule has 0 aromatic rings. The SMILES string of the molecule is CCCC(N)CN1CC2CCC(C1)O2. The third kappa shape index (κ3) is 2.47. The van der Waals surface area contributed by atoms with Gasteiger partial charge in [0.05, 0.1) is 12.2 Å². The van der Waals surface area contributed by atoms with E-state index in [1.807, 2.05) is 0 Å². The molecule has 3 heteroatoms. The molecule has 0 amide bonds. The molecule has 82 valence electrons. The molecule has 2 rings (SSSR count). The van der Waals surface area contributed by atoms with E-state index in [2.05, 4.69) is 11.8 Å². The van der Waals surface area contributed by atoms with Crippen molar-refractivity contribution in [1.82, 2.24) is 4.90 Å². The molecule has 0 saturated carbocycles. The lowest BCUT2D eigenvalue weighted by molar-refractivity contribution is -0.0398. The van der Waals surface area contributed by atoms with Gasteiger partial charge in [-0.3, -0.25) is 4.90 Å². The molecule has 0 radical (unpaired) electrons. The predicted octanol–water partition coefficient (Wildman–Crippen LogP) is 0.977. The van der Waals surface area contributed by atoms with Gasteiger partial charge in [-0.1, -0.05) is 13.3 Å². The van der Waals surface area contributed by atoms with Gasteiger partial charge in [-0.15, -0.1) is 0 Å². The zero-order valence-corrected chi connectivity index (χ0v) is 9.11. The first-order valence-corrected chi connectivity index (χ1v) is 5.91. The fourth-order valence-corrected chi connectivity index (χ4v) is 2.64. The summed E-state index contributed by atoms with van der Waals surface area (Å²) in [6.07, 6.45) is 5.85. The molecule has 3 nitrogen and oxygen atoms in total. The molecule has 2 aliphatic heterocycles. The van der Waals surface area contributed by atoms with Gasteiger partial charge in [0.2, 0.25) is 0 Å². The van der Waals surface area contributed by atoms with Crippen molar-refractivity contribution in [1.29, 1.82) is 0 Å². The van der Waals surface area contributed by atoms with E-state index in [-0.39, 0.29) is 0 Å². The Morgan fingerprint density at radius 1 is 1.36 bits per heavy atom. The Kier molecular flexibility index (Phi) is 3.42. The van der Waals surface area contributed by atoms with Crippen molar-refractivity contribution in [2.75, 3.05) is 19.6 Å². The van der Waals surface area contributed by atoms with E-state index in [0.717, 1.165) is 26.1 Å². The first-order valence-electron chi connectivity index (χ1n) is 5.91. The normalized spacial score (nSPS) is 34.7. The standard InChI is InChI=1S/C11H22N2O/c1-2-3-9(12)6-13-7-10-4-5-11(8-13)14-10/h9-11H,2-8,12H2,1H3. The molecule has 2 bridgehead atoms. The van der Waals surface area contributed by atoms with Crippen LogP contribution in [0, 0.1) is 0 Å². The molecule has 0 aromatic heterocycles.